The number of hydrogen-bond donors (Lipinski definition) is 1. The van der Waals surface area contributed by atoms with Crippen LogP contribution in [0.4, 0.5) is 0 Å². The molecule has 1 aromatic carbocycles. The van der Waals surface area contributed by atoms with Crippen molar-refractivity contribution in [2.75, 3.05) is 58.3 Å². The highest BCUT2D eigenvalue weighted by molar-refractivity contribution is 7.90. The fourth-order valence-corrected chi connectivity index (χ4v) is 4.46. The number of rotatable bonds is 8. The standard InChI is InChI=1S/C20H30N4O4S/c1-22-10-12-23(13-11-22)9-8-21-19(25)18(7-14-29(2,27)28)24-15-16-5-3-4-6-17(16)20(24)26/h3-6,18H,7-15H2,1-2H3,(H,21,25). The monoisotopic (exact) mass is 422 g/mol. The van der Waals surface area contributed by atoms with Crippen LogP contribution in [0.1, 0.15) is 22.3 Å². The van der Waals surface area contributed by atoms with Crippen LogP contribution in [0.3, 0.4) is 0 Å². The lowest BCUT2D eigenvalue weighted by atomic mass is 10.1. The first-order valence-electron chi connectivity index (χ1n) is 10.00. The largest absolute Gasteiger partial charge is 0.353 e. The summed E-state index contributed by atoms with van der Waals surface area (Å²) < 4.78 is 23.3. The van der Waals surface area contributed by atoms with Gasteiger partial charge in [-0.25, -0.2) is 8.42 Å². The number of fused-ring (bicyclic) bond motifs is 1. The zero-order valence-electron chi connectivity index (χ0n) is 17.1. The highest BCUT2D eigenvalue weighted by Crippen LogP contribution is 2.25. The smallest absolute Gasteiger partial charge is 0.255 e. The first-order valence-corrected chi connectivity index (χ1v) is 12.1. The van der Waals surface area contributed by atoms with Crippen LogP contribution in [-0.2, 0) is 21.2 Å². The van der Waals surface area contributed by atoms with Gasteiger partial charge in [0.15, 0.2) is 0 Å². The van der Waals surface area contributed by atoms with E-state index in [1.165, 1.54) is 4.90 Å². The fourth-order valence-electron chi connectivity index (χ4n) is 3.81. The molecule has 1 saturated heterocycles. The number of likely N-dealkylation sites (N-methyl/N-ethyl adjacent to an activating group) is 1. The molecule has 0 saturated carbocycles. The molecule has 1 aromatic rings. The highest BCUT2D eigenvalue weighted by atomic mass is 32.2. The number of nitrogens with one attached hydrogen (secondary N) is 1. The Morgan fingerprint density at radius 2 is 1.86 bits per heavy atom. The van der Waals surface area contributed by atoms with Crippen molar-refractivity contribution in [1.29, 1.82) is 0 Å². The van der Waals surface area contributed by atoms with Gasteiger partial charge in [-0.05, 0) is 25.1 Å². The number of hydrogen-bond acceptors (Lipinski definition) is 6. The summed E-state index contributed by atoms with van der Waals surface area (Å²) >= 11 is 0. The summed E-state index contributed by atoms with van der Waals surface area (Å²) in [6.07, 6.45) is 1.24. The lowest BCUT2D eigenvalue weighted by Crippen LogP contribution is -2.50. The van der Waals surface area contributed by atoms with Crippen LogP contribution < -0.4 is 5.32 Å². The van der Waals surface area contributed by atoms with Gasteiger partial charge in [0.05, 0.1) is 5.75 Å². The van der Waals surface area contributed by atoms with Crippen LogP contribution in [0.2, 0.25) is 0 Å². The van der Waals surface area contributed by atoms with Crippen LogP contribution in [0.5, 0.6) is 0 Å². The number of benzene rings is 1. The number of carbonyl (C=O) groups is 2. The minimum Gasteiger partial charge on any atom is -0.353 e. The Kier molecular flexibility index (Phi) is 6.92. The number of sulfone groups is 1. The maximum atomic E-state index is 12.9. The summed E-state index contributed by atoms with van der Waals surface area (Å²) in [6, 6.07) is 6.47. The van der Waals surface area contributed by atoms with Gasteiger partial charge in [0, 0.05) is 57.6 Å². The molecular formula is C20H30N4O4S. The van der Waals surface area contributed by atoms with Gasteiger partial charge < -0.3 is 15.1 Å². The molecule has 3 rings (SSSR count). The van der Waals surface area contributed by atoms with E-state index in [9.17, 15) is 18.0 Å². The molecule has 2 amide bonds. The SMILES string of the molecule is CN1CCN(CCNC(=O)C(CCS(C)(=O)=O)N2Cc3ccccc3C2=O)CC1. The van der Waals surface area contributed by atoms with E-state index in [4.69, 9.17) is 0 Å². The van der Waals surface area contributed by atoms with Crippen LogP contribution in [0.15, 0.2) is 24.3 Å². The molecule has 0 spiro atoms. The Balaban J connectivity index is 1.62. The zero-order valence-corrected chi connectivity index (χ0v) is 18.0. The van der Waals surface area contributed by atoms with E-state index in [0.29, 0.717) is 18.7 Å². The minimum atomic E-state index is -3.24. The van der Waals surface area contributed by atoms with Crippen molar-refractivity contribution in [3.05, 3.63) is 35.4 Å². The molecule has 2 aliphatic heterocycles. The molecule has 8 nitrogen and oxygen atoms in total. The van der Waals surface area contributed by atoms with Crippen molar-refractivity contribution in [1.82, 2.24) is 20.0 Å². The van der Waals surface area contributed by atoms with Crippen molar-refractivity contribution in [3.8, 4) is 0 Å². The second-order valence-electron chi connectivity index (χ2n) is 7.96. The lowest BCUT2D eigenvalue weighted by Gasteiger charge is -2.32. The van der Waals surface area contributed by atoms with Crippen LogP contribution in [0.25, 0.3) is 0 Å². The number of carbonyl (C=O) groups excluding carboxylic acids is 2. The van der Waals surface area contributed by atoms with Crippen LogP contribution in [0, 0.1) is 0 Å². The number of piperazine rings is 1. The topological polar surface area (TPSA) is 90.0 Å². The average molecular weight is 423 g/mol. The van der Waals surface area contributed by atoms with Gasteiger partial charge in [-0.3, -0.25) is 14.5 Å². The maximum Gasteiger partial charge on any atom is 0.255 e. The second-order valence-corrected chi connectivity index (χ2v) is 10.2. The van der Waals surface area contributed by atoms with Crippen LogP contribution in [-0.4, -0.2) is 99.3 Å². The van der Waals surface area contributed by atoms with E-state index in [1.54, 1.807) is 12.1 Å². The summed E-state index contributed by atoms with van der Waals surface area (Å²) in [5.74, 6) is -0.638. The van der Waals surface area contributed by atoms with E-state index in [0.717, 1.165) is 44.5 Å². The number of nitrogens with zero attached hydrogens (tertiary/aromatic N) is 3. The Morgan fingerprint density at radius 3 is 2.52 bits per heavy atom. The molecule has 160 valence electrons. The maximum absolute atomic E-state index is 12.9. The average Bonchev–Trinajstić information content (AvgIpc) is 2.99. The van der Waals surface area contributed by atoms with Crippen molar-refractivity contribution in [2.45, 2.75) is 19.0 Å². The van der Waals surface area contributed by atoms with E-state index in [2.05, 4.69) is 22.2 Å². The summed E-state index contributed by atoms with van der Waals surface area (Å²) in [4.78, 5) is 31.8. The molecule has 0 aromatic heterocycles. The molecule has 29 heavy (non-hydrogen) atoms. The molecule has 9 heteroatoms. The van der Waals surface area contributed by atoms with Gasteiger partial charge in [-0.2, -0.15) is 0 Å². The molecule has 2 aliphatic rings. The predicted molar refractivity (Wildman–Crippen MR) is 111 cm³/mol. The third kappa shape index (κ3) is 5.77. The fraction of sp³-hybridized carbons (Fsp3) is 0.600. The third-order valence-electron chi connectivity index (χ3n) is 5.61. The molecular weight excluding hydrogens is 392 g/mol. The molecule has 0 aliphatic carbocycles. The van der Waals surface area contributed by atoms with Crippen LogP contribution >= 0.6 is 0 Å². The van der Waals surface area contributed by atoms with E-state index in [-0.39, 0.29) is 24.0 Å². The van der Waals surface area contributed by atoms with Gasteiger partial charge in [0.2, 0.25) is 5.91 Å². The van der Waals surface area contributed by atoms with E-state index < -0.39 is 15.9 Å². The Morgan fingerprint density at radius 1 is 1.17 bits per heavy atom. The van der Waals surface area contributed by atoms with Gasteiger partial charge in [0.1, 0.15) is 15.9 Å². The van der Waals surface area contributed by atoms with Gasteiger partial charge >= 0.3 is 0 Å². The lowest BCUT2D eigenvalue weighted by molar-refractivity contribution is -0.125. The molecule has 0 bridgehead atoms. The quantitative estimate of drug-likeness (QED) is 0.625. The van der Waals surface area contributed by atoms with Gasteiger partial charge in [-0.15, -0.1) is 0 Å². The van der Waals surface area contributed by atoms with Crippen molar-refractivity contribution < 1.29 is 18.0 Å². The summed E-state index contributed by atoms with van der Waals surface area (Å²) in [5, 5.41) is 2.92. The molecule has 1 unspecified atom stereocenters. The molecule has 1 fully saturated rings. The highest BCUT2D eigenvalue weighted by Gasteiger charge is 2.36. The predicted octanol–water partition coefficient (Wildman–Crippen LogP) is -0.191. The molecule has 1 N–H and O–H groups in total. The molecule has 0 radical (unpaired) electrons. The summed E-state index contributed by atoms with van der Waals surface area (Å²) in [6.45, 7) is 5.49. The Hall–Kier alpha value is -1.97. The minimum absolute atomic E-state index is 0.0961. The third-order valence-corrected chi connectivity index (χ3v) is 6.59. The van der Waals surface area contributed by atoms with Gasteiger partial charge in [0.25, 0.3) is 5.91 Å². The van der Waals surface area contributed by atoms with E-state index in [1.807, 2.05) is 12.1 Å². The first kappa shape index (κ1) is 21.7. The Bertz CT molecular complexity index is 850. The Labute approximate surface area is 172 Å². The van der Waals surface area contributed by atoms with E-state index >= 15 is 0 Å². The van der Waals surface area contributed by atoms with Crippen molar-refractivity contribution >= 4 is 21.7 Å². The summed E-state index contributed by atoms with van der Waals surface area (Å²) in [5.41, 5.74) is 1.45. The zero-order chi connectivity index (χ0) is 21.0. The van der Waals surface area contributed by atoms with Crippen molar-refractivity contribution in [2.24, 2.45) is 0 Å². The normalized spacial score (nSPS) is 19.2. The van der Waals surface area contributed by atoms with Gasteiger partial charge in [-0.1, -0.05) is 18.2 Å². The molecule has 1 atom stereocenters. The number of amides is 2. The molecule has 2 heterocycles. The first-order chi connectivity index (χ1) is 13.7. The van der Waals surface area contributed by atoms with Crippen molar-refractivity contribution in [3.63, 3.8) is 0 Å². The second kappa shape index (κ2) is 9.23. The summed E-state index contributed by atoms with van der Waals surface area (Å²) in [7, 11) is -1.15.